The first-order valence-corrected chi connectivity index (χ1v) is 4.38. The molecular weight excluding hydrogens is 204 g/mol. The third kappa shape index (κ3) is 1.26. The minimum absolute atomic E-state index is 0.0915. The Morgan fingerprint density at radius 2 is 2.14 bits per heavy atom. The summed E-state index contributed by atoms with van der Waals surface area (Å²) in [5.41, 5.74) is 0.718. The Morgan fingerprint density at radius 3 is 2.86 bits per heavy atom. The molecule has 0 amide bonds. The second-order valence-electron chi connectivity index (χ2n) is 3.05. The van der Waals surface area contributed by atoms with Crippen molar-refractivity contribution in [2.75, 3.05) is 0 Å². The quantitative estimate of drug-likeness (QED) is 0.727. The molecule has 0 aliphatic carbocycles. The topological polar surface area (TPSA) is 50.4 Å². The van der Waals surface area contributed by atoms with Crippen LogP contribution < -0.4 is 5.43 Å². The molecule has 0 radical (unpaired) electrons. The van der Waals surface area contributed by atoms with E-state index < -0.39 is 0 Å². The molecule has 0 atom stereocenters. The Balaban J connectivity index is 2.97. The maximum atomic E-state index is 11.6. The second kappa shape index (κ2) is 3.03. The zero-order valence-electron chi connectivity index (χ0n) is 7.37. The van der Waals surface area contributed by atoms with Gasteiger partial charge in [0, 0.05) is 11.6 Å². The van der Waals surface area contributed by atoms with Gasteiger partial charge in [-0.3, -0.25) is 4.79 Å². The van der Waals surface area contributed by atoms with E-state index in [1.807, 2.05) is 0 Å². The van der Waals surface area contributed by atoms with Crippen LogP contribution in [0.25, 0.3) is 11.0 Å². The van der Waals surface area contributed by atoms with Crippen LogP contribution in [0.2, 0.25) is 5.02 Å². The van der Waals surface area contributed by atoms with Crippen LogP contribution in [0.3, 0.4) is 0 Å². The number of phenolic OH excluding ortho intramolecular Hbond substituents is 1. The molecular formula is C10H7ClO3. The Hall–Kier alpha value is -1.48. The molecule has 2 rings (SSSR count). The number of rotatable bonds is 0. The number of phenols is 1. The fourth-order valence-electron chi connectivity index (χ4n) is 1.24. The van der Waals surface area contributed by atoms with E-state index in [9.17, 15) is 9.90 Å². The molecule has 0 bridgehead atoms. The van der Waals surface area contributed by atoms with E-state index in [0.717, 1.165) is 0 Å². The van der Waals surface area contributed by atoms with Gasteiger partial charge in [0.25, 0.3) is 0 Å². The van der Waals surface area contributed by atoms with Gasteiger partial charge in [-0.15, -0.1) is 0 Å². The molecule has 3 nitrogen and oxygen atoms in total. The summed E-state index contributed by atoms with van der Waals surface area (Å²) in [5.74, 6) is -0.0915. The van der Waals surface area contributed by atoms with Crippen molar-refractivity contribution in [1.82, 2.24) is 0 Å². The van der Waals surface area contributed by atoms with E-state index in [-0.39, 0.29) is 16.2 Å². The number of halogens is 1. The molecule has 0 aliphatic heterocycles. The molecule has 1 aromatic heterocycles. The average molecular weight is 211 g/mol. The van der Waals surface area contributed by atoms with Crippen molar-refractivity contribution < 1.29 is 9.52 Å². The average Bonchev–Trinajstić information content (AvgIpc) is 2.15. The second-order valence-corrected chi connectivity index (χ2v) is 3.45. The van der Waals surface area contributed by atoms with Crippen LogP contribution in [0, 0.1) is 6.92 Å². The van der Waals surface area contributed by atoms with Crippen LogP contribution >= 0.6 is 11.6 Å². The van der Waals surface area contributed by atoms with E-state index >= 15 is 0 Å². The van der Waals surface area contributed by atoms with Gasteiger partial charge in [0.1, 0.15) is 11.3 Å². The van der Waals surface area contributed by atoms with Crippen LogP contribution in [-0.2, 0) is 0 Å². The predicted octanol–water partition coefficient (Wildman–Crippen LogP) is 2.46. The Labute approximate surface area is 84.5 Å². The van der Waals surface area contributed by atoms with Gasteiger partial charge < -0.3 is 9.52 Å². The van der Waals surface area contributed by atoms with E-state index in [2.05, 4.69) is 0 Å². The lowest BCUT2D eigenvalue weighted by Gasteiger charge is -2.00. The molecule has 14 heavy (non-hydrogen) atoms. The van der Waals surface area contributed by atoms with Gasteiger partial charge in [-0.05, 0) is 13.0 Å². The zero-order chi connectivity index (χ0) is 10.3. The van der Waals surface area contributed by atoms with Crippen LogP contribution in [-0.4, -0.2) is 5.11 Å². The van der Waals surface area contributed by atoms with Gasteiger partial charge in [-0.25, -0.2) is 0 Å². The number of hydrogen-bond acceptors (Lipinski definition) is 3. The molecule has 0 spiro atoms. The van der Waals surface area contributed by atoms with Crippen molar-refractivity contribution in [2.45, 2.75) is 6.92 Å². The Morgan fingerprint density at radius 1 is 1.43 bits per heavy atom. The normalized spacial score (nSPS) is 10.7. The molecule has 0 aliphatic rings. The van der Waals surface area contributed by atoms with E-state index in [1.54, 1.807) is 6.92 Å². The standard InChI is InChI=1S/C10H7ClO3/c1-5-4-14-9-3-8(12)7(11)2-6(9)10(5)13/h2-4,12H,1H3. The first kappa shape index (κ1) is 9.09. The summed E-state index contributed by atoms with van der Waals surface area (Å²) in [5, 5.41) is 9.81. The van der Waals surface area contributed by atoms with Crippen LogP contribution in [0.4, 0.5) is 0 Å². The number of aryl methyl sites for hydroxylation is 1. The largest absolute Gasteiger partial charge is 0.506 e. The minimum Gasteiger partial charge on any atom is -0.506 e. The smallest absolute Gasteiger partial charge is 0.195 e. The lowest BCUT2D eigenvalue weighted by atomic mass is 10.2. The van der Waals surface area contributed by atoms with Crippen molar-refractivity contribution >= 4 is 22.6 Å². The number of benzene rings is 1. The van der Waals surface area contributed by atoms with Crippen molar-refractivity contribution in [1.29, 1.82) is 0 Å². The first-order chi connectivity index (χ1) is 6.59. The van der Waals surface area contributed by atoms with Crippen molar-refractivity contribution in [3.05, 3.63) is 39.2 Å². The van der Waals surface area contributed by atoms with Crippen LogP contribution in [0.1, 0.15) is 5.56 Å². The molecule has 4 heteroatoms. The molecule has 0 fully saturated rings. The van der Waals surface area contributed by atoms with E-state index in [4.69, 9.17) is 16.0 Å². The maximum Gasteiger partial charge on any atom is 0.195 e. The minimum atomic E-state index is -0.131. The maximum absolute atomic E-state index is 11.6. The highest BCUT2D eigenvalue weighted by Gasteiger charge is 2.07. The van der Waals surface area contributed by atoms with Crippen molar-refractivity contribution in [3.8, 4) is 5.75 Å². The van der Waals surface area contributed by atoms with Gasteiger partial charge in [0.05, 0.1) is 16.7 Å². The molecule has 1 aromatic carbocycles. The lowest BCUT2D eigenvalue weighted by Crippen LogP contribution is -2.04. The van der Waals surface area contributed by atoms with Crippen LogP contribution in [0.15, 0.2) is 27.6 Å². The molecule has 0 saturated heterocycles. The van der Waals surface area contributed by atoms with Crippen molar-refractivity contribution in [3.63, 3.8) is 0 Å². The third-order valence-corrected chi connectivity index (χ3v) is 2.32. The summed E-state index contributed by atoms with van der Waals surface area (Å²) in [6, 6.07) is 2.74. The number of fused-ring (bicyclic) bond motifs is 1. The highest BCUT2D eigenvalue weighted by molar-refractivity contribution is 6.32. The third-order valence-electron chi connectivity index (χ3n) is 2.01. The fourth-order valence-corrected chi connectivity index (χ4v) is 1.40. The van der Waals surface area contributed by atoms with Gasteiger partial charge in [-0.1, -0.05) is 11.6 Å². The summed E-state index contributed by atoms with van der Waals surface area (Å²) in [6.45, 7) is 1.66. The summed E-state index contributed by atoms with van der Waals surface area (Å²) in [6.07, 6.45) is 1.36. The van der Waals surface area contributed by atoms with Gasteiger partial charge >= 0.3 is 0 Å². The summed E-state index contributed by atoms with van der Waals surface area (Å²) >= 11 is 5.68. The summed E-state index contributed by atoms with van der Waals surface area (Å²) < 4.78 is 5.14. The van der Waals surface area contributed by atoms with Gasteiger partial charge in [-0.2, -0.15) is 0 Å². The summed E-state index contributed by atoms with van der Waals surface area (Å²) in [4.78, 5) is 11.6. The number of hydrogen-bond donors (Lipinski definition) is 1. The summed E-state index contributed by atoms with van der Waals surface area (Å²) in [7, 11) is 0. The molecule has 2 aromatic rings. The molecule has 0 unspecified atom stereocenters. The zero-order valence-corrected chi connectivity index (χ0v) is 8.13. The highest BCUT2D eigenvalue weighted by atomic mass is 35.5. The monoisotopic (exact) mass is 210 g/mol. The molecule has 1 heterocycles. The highest BCUT2D eigenvalue weighted by Crippen LogP contribution is 2.27. The Bertz CT molecular complexity index is 557. The molecule has 72 valence electrons. The van der Waals surface area contributed by atoms with Crippen molar-refractivity contribution in [2.24, 2.45) is 0 Å². The SMILES string of the molecule is Cc1coc2cc(O)c(Cl)cc2c1=O. The predicted molar refractivity (Wildman–Crippen MR) is 53.9 cm³/mol. The van der Waals surface area contributed by atoms with Crippen LogP contribution in [0.5, 0.6) is 5.75 Å². The molecule has 1 N–H and O–H groups in total. The fraction of sp³-hybridized carbons (Fsp3) is 0.100. The first-order valence-electron chi connectivity index (χ1n) is 4.00. The lowest BCUT2D eigenvalue weighted by molar-refractivity contribution is 0.474. The van der Waals surface area contributed by atoms with Gasteiger partial charge in [0.15, 0.2) is 5.43 Å². The van der Waals surface area contributed by atoms with E-state index in [1.165, 1.54) is 18.4 Å². The van der Waals surface area contributed by atoms with E-state index in [0.29, 0.717) is 16.5 Å². The number of aromatic hydroxyl groups is 1. The Kier molecular flexibility index (Phi) is 1.97. The molecule has 0 saturated carbocycles. The van der Waals surface area contributed by atoms with Gasteiger partial charge in [0.2, 0.25) is 0 Å².